The number of hydrogen-bond acceptors (Lipinski definition) is 2. The molecule has 1 fully saturated rings. The van der Waals surface area contributed by atoms with Gasteiger partial charge >= 0.3 is 0 Å². The van der Waals surface area contributed by atoms with Crippen LogP contribution in [0.15, 0.2) is 48.5 Å². The Morgan fingerprint density at radius 3 is 2.23 bits per heavy atom. The number of halogens is 2. The summed E-state index contributed by atoms with van der Waals surface area (Å²) in [6.07, 6.45) is 4.12. The molecule has 0 heterocycles. The van der Waals surface area contributed by atoms with Crippen molar-refractivity contribution in [2.24, 2.45) is 5.92 Å². The number of nitrogens with one attached hydrogen (secondary N) is 1. The van der Waals surface area contributed by atoms with Gasteiger partial charge in [-0.05, 0) is 61.8 Å². The summed E-state index contributed by atoms with van der Waals surface area (Å²) in [5.74, 6) is 0.0441. The highest BCUT2D eigenvalue weighted by Gasteiger charge is 2.33. The van der Waals surface area contributed by atoms with Crippen molar-refractivity contribution < 1.29 is 9.59 Å². The lowest BCUT2D eigenvalue weighted by Crippen LogP contribution is -2.47. The first-order valence-corrected chi connectivity index (χ1v) is 11.8. The van der Waals surface area contributed by atoms with E-state index in [1.165, 1.54) is 0 Å². The number of amides is 2. The summed E-state index contributed by atoms with van der Waals surface area (Å²) < 4.78 is 0. The maximum absolute atomic E-state index is 13.5. The molecule has 0 aliphatic heterocycles. The van der Waals surface area contributed by atoms with Crippen molar-refractivity contribution in [2.45, 2.75) is 58.2 Å². The molecule has 0 aromatic heterocycles. The zero-order valence-corrected chi connectivity index (χ0v) is 19.6. The molecule has 6 heteroatoms. The van der Waals surface area contributed by atoms with E-state index in [1.807, 2.05) is 31.2 Å². The van der Waals surface area contributed by atoms with Crippen molar-refractivity contribution in [3.8, 4) is 0 Å². The van der Waals surface area contributed by atoms with Gasteiger partial charge in [-0.1, -0.05) is 60.5 Å². The van der Waals surface area contributed by atoms with Gasteiger partial charge in [0, 0.05) is 17.6 Å². The number of carbonyl (C=O) groups is 2. The highest BCUT2D eigenvalue weighted by atomic mass is 35.5. The van der Waals surface area contributed by atoms with Gasteiger partial charge in [-0.15, -0.1) is 11.6 Å². The Morgan fingerprint density at radius 1 is 1.03 bits per heavy atom. The van der Waals surface area contributed by atoms with Crippen LogP contribution in [-0.4, -0.2) is 28.6 Å². The molecule has 31 heavy (non-hydrogen) atoms. The molecule has 166 valence electrons. The molecule has 0 radical (unpaired) electrons. The van der Waals surface area contributed by atoms with Gasteiger partial charge in [0.25, 0.3) is 0 Å². The second kappa shape index (κ2) is 11.0. The van der Waals surface area contributed by atoms with Crippen LogP contribution in [0.3, 0.4) is 0 Å². The lowest BCUT2D eigenvalue weighted by atomic mass is 9.87. The monoisotopic (exact) mass is 460 g/mol. The second-order valence-corrected chi connectivity index (χ2v) is 9.26. The number of rotatable bonds is 7. The normalized spacial score (nSPS) is 19.5. The topological polar surface area (TPSA) is 49.4 Å². The van der Waals surface area contributed by atoms with Crippen LogP contribution in [0, 0.1) is 12.8 Å². The van der Waals surface area contributed by atoms with E-state index in [4.69, 9.17) is 23.2 Å². The number of carbonyl (C=O) groups excluding carboxylic acids is 2. The van der Waals surface area contributed by atoms with Crippen molar-refractivity contribution in [1.82, 2.24) is 10.2 Å². The van der Waals surface area contributed by atoms with Crippen LogP contribution in [0.5, 0.6) is 0 Å². The molecule has 1 N–H and O–H groups in total. The minimum absolute atomic E-state index is 0.130. The molecule has 1 atom stereocenters. The third kappa shape index (κ3) is 6.47. The molecule has 2 aromatic rings. The first kappa shape index (κ1) is 23.6. The predicted molar refractivity (Wildman–Crippen MR) is 126 cm³/mol. The first-order chi connectivity index (χ1) is 14.9. The van der Waals surface area contributed by atoms with E-state index in [1.54, 1.807) is 29.2 Å². The molecule has 1 aliphatic rings. The van der Waals surface area contributed by atoms with Crippen molar-refractivity contribution in [3.63, 3.8) is 0 Å². The van der Waals surface area contributed by atoms with E-state index < -0.39 is 6.04 Å². The predicted octanol–water partition coefficient (Wildman–Crippen LogP) is 5.65. The van der Waals surface area contributed by atoms with Crippen LogP contribution < -0.4 is 5.32 Å². The second-order valence-electron chi connectivity index (χ2n) is 8.56. The number of benzene rings is 2. The highest BCUT2D eigenvalue weighted by Crippen LogP contribution is 2.28. The standard InChI is InChI=1S/C25H30Cl2N2O2/c1-17-3-7-19(8-4-17)16-29(23(30)15-26)24(20-9-11-21(27)12-10-20)25(31)28-22-13-5-18(2)6-14-22/h3-4,7-12,18,22,24H,5-6,13-16H2,1-2H3,(H,28,31). The SMILES string of the molecule is Cc1ccc(CN(C(=O)CCl)C(C(=O)NC2CCC(C)CC2)c2ccc(Cl)cc2)cc1. The molecule has 0 spiro atoms. The fourth-order valence-electron chi connectivity index (χ4n) is 4.09. The average Bonchev–Trinajstić information content (AvgIpc) is 2.77. The summed E-state index contributed by atoms with van der Waals surface area (Å²) >= 11 is 12.0. The summed E-state index contributed by atoms with van der Waals surface area (Å²) in [5, 5.41) is 3.78. The van der Waals surface area contributed by atoms with Gasteiger partial charge < -0.3 is 10.2 Å². The van der Waals surface area contributed by atoms with Crippen LogP contribution in [0.25, 0.3) is 0 Å². The Hall–Kier alpha value is -2.04. The number of alkyl halides is 1. The lowest BCUT2D eigenvalue weighted by molar-refractivity contribution is -0.140. The van der Waals surface area contributed by atoms with E-state index in [-0.39, 0.29) is 23.7 Å². The van der Waals surface area contributed by atoms with Crippen molar-refractivity contribution in [1.29, 1.82) is 0 Å². The van der Waals surface area contributed by atoms with E-state index >= 15 is 0 Å². The third-order valence-electron chi connectivity index (χ3n) is 6.02. The van der Waals surface area contributed by atoms with Gasteiger partial charge in [-0.2, -0.15) is 0 Å². The summed E-state index contributed by atoms with van der Waals surface area (Å²) in [6, 6.07) is 14.4. The molecule has 4 nitrogen and oxygen atoms in total. The molecule has 0 saturated heterocycles. The number of aryl methyl sites for hydroxylation is 1. The maximum Gasteiger partial charge on any atom is 0.247 e. The Morgan fingerprint density at radius 2 is 1.65 bits per heavy atom. The Labute approximate surface area is 194 Å². The van der Waals surface area contributed by atoms with Gasteiger partial charge in [0.05, 0.1) is 0 Å². The van der Waals surface area contributed by atoms with E-state index in [2.05, 4.69) is 12.2 Å². The number of hydrogen-bond donors (Lipinski definition) is 1. The smallest absolute Gasteiger partial charge is 0.247 e. The van der Waals surface area contributed by atoms with Gasteiger partial charge in [0.15, 0.2) is 0 Å². The minimum Gasteiger partial charge on any atom is -0.351 e. The highest BCUT2D eigenvalue weighted by molar-refractivity contribution is 6.30. The largest absolute Gasteiger partial charge is 0.351 e. The molecule has 2 amide bonds. The van der Waals surface area contributed by atoms with Crippen LogP contribution in [0.4, 0.5) is 0 Å². The zero-order chi connectivity index (χ0) is 22.4. The van der Waals surface area contributed by atoms with Gasteiger partial charge in [0.2, 0.25) is 11.8 Å². The van der Waals surface area contributed by atoms with Crippen LogP contribution in [0.1, 0.15) is 55.3 Å². The molecule has 1 unspecified atom stereocenters. The van der Waals surface area contributed by atoms with Gasteiger partial charge in [-0.3, -0.25) is 9.59 Å². The third-order valence-corrected chi connectivity index (χ3v) is 6.50. The van der Waals surface area contributed by atoms with E-state index in [9.17, 15) is 9.59 Å². The molecule has 1 saturated carbocycles. The molecule has 2 aromatic carbocycles. The first-order valence-electron chi connectivity index (χ1n) is 10.8. The summed E-state index contributed by atoms with van der Waals surface area (Å²) in [6.45, 7) is 4.56. The van der Waals surface area contributed by atoms with E-state index in [0.717, 1.165) is 42.4 Å². The van der Waals surface area contributed by atoms with Crippen molar-refractivity contribution in [2.75, 3.05) is 5.88 Å². The molecular formula is C25H30Cl2N2O2. The zero-order valence-electron chi connectivity index (χ0n) is 18.1. The molecule has 0 bridgehead atoms. The Kier molecular flexibility index (Phi) is 8.39. The summed E-state index contributed by atoms with van der Waals surface area (Å²) in [5.41, 5.74) is 2.80. The fourth-order valence-corrected chi connectivity index (χ4v) is 4.37. The number of nitrogens with zero attached hydrogens (tertiary/aromatic N) is 1. The fraction of sp³-hybridized carbons (Fsp3) is 0.440. The Bertz CT molecular complexity index is 875. The van der Waals surface area contributed by atoms with Crippen LogP contribution >= 0.6 is 23.2 Å². The minimum atomic E-state index is -0.774. The quantitative estimate of drug-likeness (QED) is 0.542. The van der Waals surface area contributed by atoms with Crippen molar-refractivity contribution >= 4 is 35.0 Å². The lowest BCUT2D eigenvalue weighted by Gasteiger charge is -2.34. The molecule has 3 rings (SSSR count). The molecular weight excluding hydrogens is 431 g/mol. The van der Waals surface area contributed by atoms with Crippen molar-refractivity contribution in [3.05, 3.63) is 70.2 Å². The van der Waals surface area contributed by atoms with Gasteiger partial charge in [0.1, 0.15) is 11.9 Å². The van der Waals surface area contributed by atoms with Crippen LogP contribution in [-0.2, 0) is 16.1 Å². The summed E-state index contributed by atoms with van der Waals surface area (Å²) in [4.78, 5) is 28.0. The molecule has 1 aliphatic carbocycles. The average molecular weight is 461 g/mol. The Balaban J connectivity index is 1.90. The maximum atomic E-state index is 13.5. The van der Waals surface area contributed by atoms with Gasteiger partial charge in [-0.25, -0.2) is 0 Å². The van der Waals surface area contributed by atoms with Crippen LogP contribution in [0.2, 0.25) is 5.02 Å². The summed E-state index contributed by atoms with van der Waals surface area (Å²) in [7, 11) is 0. The van der Waals surface area contributed by atoms with E-state index in [0.29, 0.717) is 17.5 Å².